The normalized spacial score (nSPS) is 11.6. The first kappa shape index (κ1) is 30.5. The minimum atomic E-state index is -4.74. The third kappa shape index (κ3) is 7.53. The Kier molecular flexibility index (Phi) is 9.80. The van der Waals surface area contributed by atoms with Crippen molar-refractivity contribution in [1.82, 2.24) is 0 Å². The van der Waals surface area contributed by atoms with Gasteiger partial charge in [-0.1, -0.05) is 25.5 Å². The van der Waals surface area contributed by atoms with E-state index in [9.17, 15) is 31.2 Å². The molecule has 214 valence electrons. The van der Waals surface area contributed by atoms with E-state index >= 15 is 0 Å². The maximum absolute atomic E-state index is 13.8. The number of alkyl halides is 3. The monoisotopic (exact) mass is 578 g/mol. The van der Waals surface area contributed by atoms with Crippen LogP contribution >= 0.6 is 0 Å². The lowest BCUT2D eigenvalue weighted by molar-refractivity contribution is -0.137. The number of rotatable bonds is 11. The zero-order valence-corrected chi connectivity index (χ0v) is 22.9. The Hall–Kier alpha value is -4.06. The molecule has 1 N–H and O–H groups in total. The maximum atomic E-state index is 13.8. The highest BCUT2D eigenvalue weighted by Gasteiger charge is 2.34. The molecule has 0 aromatic heterocycles. The molecule has 0 saturated heterocycles. The van der Waals surface area contributed by atoms with Gasteiger partial charge >= 0.3 is 12.1 Å². The molecule has 3 aromatic carbocycles. The van der Waals surface area contributed by atoms with Gasteiger partial charge in [-0.15, -0.1) is 0 Å². The van der Waals surface area contributed by atoms with Gasteiger partial charge in [0.1, 0.15) is 17.2 Å². The molecule has 3 rings (SSSR count). The summed E-state index contributed by atoms with van der Waals surface area (Å²) in [6, 6.07) is 13.8. The number of nitrogens with one attached hydrogen (secondary N) is 1. The number of aryl methyl sites for hydroxylation is 1. The van der Waals surface area contributed by atoms with Gasteiger partial charge in [0.15, 0.2) is 0 Å². The number of nitrogens with zero attached hydrogens (tertiary/aromatic N) is 1. The lowest BCUT2D eigenvalue weighted by atomic mass is 10.2. The van der Waals surface area contributed by atoms with Gasteiger partial charge in [-0.25, -0.2) is 13.2 Å². The standard InChI is InChI=1S/C28H29F3N2O6S/c1-4-5-15-39-27(35)20-10-12-22(13-11-20)32-26(34)18-33(23-8-6-7-21(17-23)28(29,30)31)40(36,37)25-16-19(2)9-14-24(25)38-3/h6-14,16-17H,4-5,15,18H2,1-3H3,(H,32,34). The predicted octanol–water partition coefficient (Wildman–Crippen LogP) is 5.81. The molecule has 0 heterocycles. The summed E-state index contributed by atoms with van der Waals surface area (Å²) in [5.41, 5.74) is -0.387. The van der Waals surface area contributed by atoms with E-state index in [2.05, 4.69) is 5.32 Å². The number of benzene rings is 3. The van der Waals surface area contributed by atoms with E-state index in [-0.39, 0.29) is 34.2 Å². The molecule has 1 amide bonds. The van der Waals surface area contributed by atoms with Crippen LogP contribution in [0.4, 0.5) is 24.5 Å². The van der Waals surface area contributed by atoms with Gasteiger partial charge < -0.3 is 14.8 Å². The van der Waals surface area contributed by atoms with Crippen molar-refractivity contribution >= 4 is 33.3 Å². The number of anilines is 2. The fourth-order valence-electron chi connectivity index (χ4n) is 3.67. The van der Waals surface area contributed by atoms with Gasteiger partial charge in [0.25, 0.3) is 10.0 Å². The van der Waals surface area contributed by atoms with Crippen molar-refractivity contribution < 1.29 is 40.7 Å². The van der Waals surface area contributed by atoms with Gasteiger partial charge in [0.05, 0.1) is 30.5 Å². The smallest absolute Gasteiger partial charge is 0.416 e. The molecular weight excluding hydrogens is 549 g/mol. The Labute approximate surface area is 230 Å². The van der Waals surface area contributed by atoms with Crippen molar-refractivity contribution in [2.75, 3.05) is 29.9 Å². The molecule has 0 fully saturated rings. The van der Waals surface area contributed by atoms with Crippen LogP contribution in [0.3, 0.4) is 0 Å². The van der Waals surface area contributed by atoms with Crippen LogP contribution in [0.2, 0.25) is 0 Å². The highest BCUT2D eigenvalue weighted by Crippen LogP contribution is 2.35. The summed E-state index contributed by atoms with van der Waals surface area (Å²) in [5, 5.41) is 2.52. The molecular formula is C28H29F3N2O6S. The number of hydrogen-bond donors (Lipinski definition) is 1. The Morgan fingerprint density at radius 1 is 1.00 bits per heavy atom. The van der Waals surface area contributed by atoms with Gasteiger partial charge in [-0.2, -0.15) is 13.2 Å². The molecule has 0 unspecified atom stereocenters. The fraction of sp³-hybridized carbons (Fsp3) is 0.286. The third-order valence-electron chi connectivity index (χ3n) is 5.77. The van der Waals surface area contributed by atoms with E-state index in [0.29, 0.717) is 15.9 Å². The van der Waals surface area contributed by atoms with Crippen LogP contribution < -0.4 is 14.4 Å². The number of halogens is 3. The van der Waals surface area contributed by atoms with Crippen molar-refractivity contribution in [2.24, 2.45) is 0 Å². The number of carbonyl (C=O) groups is 2. The number of hydrogen-bond acceptors (Lipinski definition) is 6. The van der Waals surface area contributed by atoms with E-state index in [4.69, 9.17) is 9.47 Å². The van der Waals surface area contributed by atoms with Crippen LogP contribution in [-0.2, 0) is 25.7 Å². The number of sulfonamides is 1. The average Bonchev–Trinajstić information content (AvgIpc) is 2.91. The summed E-state index contributed by atoms with van der Waals surface area (Å²) >= 11 is 0. The van der Waals surface area contributed by atoms with E-state index in [1.807, 2.05) is 6.92 Å². The number of carbonyl (C=O) groups excluding carboxylic acids is 2. The molecule has 0 bridgehead atoms. The number of methoxy groups -OCH3 is 1. The largest absolute Gasteiger partial charge is 0.495 e. The zero-order chi connectivity index (χ0) is 29.5. The Bertz CT molecular complexity index is 1460. The van der Waals surface area contributed by atoms with E-state index in [1.165, 1.54) is 49.6 Å². The van der Waals surface area contributed by atoms with Crippen molar-refractivity contribution in [1.29, 1.82) is 0 Å². The molecule has 0 atom stereocenters. The van der Waals surface area contributed by atoms with Gasteiger partial charge in [0, 0.05) is 5.69 Å². The summed E-state index contributed by atoms with van der Waals surface area (Å²) in [5.74, 6) is -1.39. The summed E-state index contributed by atoms with van der Waals surface area (Å²) < 4.78 is 78.8. The van der Waals surface area contributed by atoms with Crippen molar-refractivity contribution in [2.45, 2.75) is 37.8 Å². The second kappa shape index (κ2) is 12.9. The van der Waals surface area contributed by atoms with Crippen LogP contribution in [0, 0.1) is 6.92 Å². The quantitative estimate of drug-likeness (QED) is 0.228. The van der Waals surface area contributed by atoms with Crippen LogP contribution in [0.1, 0.15) is 41.3 Å². The van der Waals surface area contributed by atoms with Crippen LogP contribution in [-0.4, -0.2) is 40.6 Å². The molecule has 0 aliphatic carbocycles. The second-order valence-electron chi connectivity index (χ2n) is 8.83. The lowest BCUT2D eigenvalue weighted by Gasteiger charge is -2.26. The topological polar surface area (TPSA) is 102 Å². The lowest BCUT2D eigenvalue weighted by Crippen LogP contribution is -2.38. The first-order chi connectivity index (χ1) is 18.9. The first-order valence-electron chi connectivity index (χ1n) is 12.3. The highest BCUT2D eigenvalue weighted by atomic mass is 32.2. The number of ether oxygens (including phenoxy) is 2. The van der Waals surface area contributed by atoms with Gasteiger partial charge in [0.2, 0.25) is 5.91 Å². The summed E-state index contributed by atoms with van der Waals surface area (Å²) in [4.78, 5) is 24.8. The number of unbranched alkanes of at least 4 members (excludes halogenated alkanes) is 1. The zero-order valence-electron chi connectivity index (χ0n) is 22.1. The SMILES string of the molecule is CCCCOC(=O)c1ccc(NC(=O)CN(c2cccc(C(F)(F)F)c2)S(=O)(=O)c2cc(C)ccc2OC)cc1. The maximum Gasteiger partial charge on any atom is 0.416 e. The van der Waals surface area contributed by atoms with Gasteiger partial charge in [-0.3, -0.25) is 9.10 Å². The minimum absolute atomic E-state index is 0.0376. The van der Waals surface area contributed by atoms with E-state index < -0.39 is 40.2 Å². The van der Waals surface area contributed by atoms with E-state index in [1.54, 1.807) is 13.0 Å². The summed E-state index contributed by atoms with van der Waals surface area (Å²) in [6.07, 6.45) is -3.16. The summed E-state index contributed by atoms with van der Waals surface area (Å²) in [7, 11) is -3.32. The Morgan fingerprint density at radius 3 is 2.33 bits per heavy atom. The van der Waals surface area contributed by atoms with Crippen molar-refractivity contribution in [3.05, 3.63) is 83.4 Å². The molecule has 12 heteroatoms. The fourth-order valence-corrected chi connectivity index (χ4v) is 5.33. The number of amides is 1. The number of esters is 1. The third-order valence-corrected chi connectivity index (χ3v) is 7.57. The molecule has 8 nitrogen and oxygen atoms in total. The molecule has 0 aliphatic heterocycles. The Morgan fingerprint density at radius 2 is 1.70 bits per heavy atom. The minimum Gasteiger partial charge on any atom is -0.495 e. The van der Waals surface area contributed by atoms with E-state index in [0.717, 1.165) is 25.0 Å². The molecule has 0 aliphatic rings. The highest BCUT2D eigenvalue weighted by molar-refractivity contribution is 7.93. The average molecular weight is 579 g/mol. The Balaban J connectivity index is 1.93. The molecule has 0 radical (unpaired) electrons. The van der Waals surface area contributed by atoms with Crippen molar-refractivity contribution in [3.8, 4) is 5.75 Å². The van der Waals surface area contributed by atoms with Crippen molar-refractivity contribution in [3.63, 3.8) is 0 Å². The molecule has 40 heavy (non-hydrogen) atoms. The molecule has 0 spiro atoms. The predicted molar refractivity (Wildman–Crippen MR) is 144 cm³/mol. The molecule has 0 saturated carbocycles. The second-order valence-corrected chi connectivity index (χ2v) is 10.7. The first-order valence-corrected chi connectivity index (χ1v) is 13.7. The van der Waals surface area contributed by atoms with Crippen LogP contribution in [0.25, 0.3) is 0 Å². The summed E-state index contributed by atoms with van der Waals surface area (Å²) in [6.45, 7) is 3.03. The van der Waals surface area contributed by atoms with Gasteiger partial charge in [-0.05, 0) is 73.5 Å². The molecule has 3 aromatic rings. The van der Waals surface area contributed by atoms with Crippen LogP contribution in [0.5, 0.6) is 5.75 Å². The van der Waals surface area contributed by atoms with Crippen LogP contribution in [0.15, 0.2) is 71.6 Å².